The van der Waals surface area contributed by atoms with Gasteiger partial charge in [0, 0.05) is 74.8 Å². The van der Waals surface area contributed by atoms with Crippen LogP contribution in [0.2, 0.25) is 0 Å². The van der Waals surface area contributed by atoms with Gasteiger partial charge in [-0.25, -0.2) is 4.98 Å². The van der Waals surface area contributed by atoms with Crippen LogP contribution in [0.1, 0.15) is 31.2 Å². The van der Waals surface area contributed by atoms with Gasteiger partial charge in [0.15, 0.2) is 0 Å². The predicted octanol–water partition coefficient (Wildman–Crippen LogP) is 3.19. The van der Waals surface area contributed by atoms with E-state index in [1.165, 1.54) is 6.21 Å². The second-order valence-corrected chi connectivity index (χ2v) is 9.00. The zero-order valence-electron chi connectivity index (χ0n) is 19.1. The topological polar surface area (TPSA) is 84.3 Å². The molecule has 2 aliphatic rings. The van der Waals surface area contributed by atoms with E-state index in [-0.39, 0.29) is 11.8 Å². The fourth-order valence-electron chi connectivity index (χ4n) is 4.87. The second-order valence-electron chi connectivity index (χ2n) is 9.00. The lowest BCUT2D eigenvalue weighted by molar-refractivity contribution is -0.121. The molecule has 3 N–H and O–H groups in total. The number of hydrogen-bond donors (Lipinski definition) is 3. The summed E-state index contributed by atoms with van der Waals surface area (Å²) in [5.74, 6) is 0.737. The van der Waals surface area contributed by atoms with Crippen molar-refractivity contribution in [1.29, 1.82) is 5.41 Å². The summed E-state index contributed by atoms with van der Waals surface area (Å²) in [4.78, 5) is 22.4. The first-order chi connectivity index (χ1) is 15.6. The highest BCUT2D eigenvalue weighted by Crippen LogP contribution is 2.29. The number of carbonyl (C=O) groups excluding carboxylic acids is 1. The van der Waals surface area contributed by atoms with Crippen molar-refractivity contribution in [3.05, 3.63) is 42.2 Å². The van der Waals surface area contributed by atoms with Gasteiger partial charge >= 0.3 is 0 Å². The van der Waals surface area contributed by atoms with E-state index < -0.39 is 0 Å². The molecule has 0 spiro atoms. The number of hydrogen-bond acceptors (Lipinski definition) is 6. The Hall–Kier alpha value is -2.77. The monoisotopic (exact) mass is 434 g/mol. The summed E-state index contributed by atoms with van der Waals surface area (Å²) < 4.78 is 0. The van der Waals surface area contributed by atoms with Crippen LogP contribution in [0.15, 0.2) is 36.7 Å². The van der Waals surface area contributed by atoms with Gasteiger partial charge in [-0.3, -0.25) is 9.69 Å². The number of carbonyl (C=O) groups is 1. The molecule has 32 heavy (non-hydrogen) atoms. The minimum Gasteiger partial charge on any atom is -0.393 e. The number of allylic oxidation sites excluding steroid dienone is 1. The molecule has 2 fully saturated rings. The number of nitrogens with one attached hydrogen (secondary N) is 3. The number of amides is 1. The molecule has 1 saturated carbocycles. The van der Waals surface area contributed by atoms with E-state index in [4.69, 9.17) is 5.41 Å². The normalized spacial score (nSPS) is 23.1. The lowest BCUT2D eigenvalue weighted by Gasteiger charge is -2.40. The highest BCUT2D eigenvalue weighted by Gasteiger charge is 2.30. The van der Waals surface area contributed by atoms with Crippen LogP contribution in [0.3, 0.4) is 0 Å². The Bertz CT molecular complexity index is 987. The number of pyridine rings is 1. The zero-order chi connectivity index (χ0) is 22.5. The van der Waals surface area contributed by atoms with E-state index in [9.17, 15) is 4.79 Å². The van der Waals surface area contributed by atoms with Gasteiger partial charge in [0.1, 0.15) is 5.82 Å². The first kappa shape index (κ1) is 22.4. The smallest absolute Gasteiger partial charge is 0.228 e. The molecular weight excluding hydrogens is 400 g/mol. The predicted molar refractivity (Wildman–Crippen MR) is 131 cm³/mol. The number of piperazine rings is 1. The molecule has 7 nitrogen and oxygen atoms in total. The fourth-order valence-corrected chi connectivity index (χ4v) is 4.87. The molecule has 0 bridgehead atoms. The third-order valence-electron chi connectivity index (χ3n) is 6.88. The zero-order valence-corrected chi connectivity index (χ0v) is 19.1. The van der Waals surface area contributed by atoms with Gasteiger partial charge in [0.05, 0.1) is 0 Å². The standard InChI is InChI=1S/C25H34N6O/c1-27-16-22(15-26)19-3-4-20-17-28-24(14-21(20)13-19)29-25(32)18-5-7-23(8-6-18)31-11-9-30(2)10-12-31/h3-4,13-18,23,26-27H,5-12H2,1-2H3,(H,28,29,32)/b22-16+,26-15?/t18-,23+. The van der Waals surface area contributed by atoms with Crippen LogP contribution in [-0.2, 0) is 4.79 Å². The molecule has 0 atom stereocenters. The summed E-state index contributed by atoms with van der Waals surface area (Å²) in [6, 6.07) is 8.56. The number of likely N-dealkylation sites (N-methyl/N-ethyl adjacent to an activating group) is 1. The van der Waals surface area contributed by atoms with Crippen LogP contribution in [0, 0.1) is 11.3 Å². The summed E-state index contributed by atoms with van der Waals surface area (Å²) in [5, 5.41) is 15.7. The molecule has 2 heterocycles. The van der Waals surface area contributed by atoms with Crippen molar-refractivity contribution in [2.24, 2.45) is 5.92 Å². The van der Waals surface area contributed by atoms with Gasteiger partial charge in [-0.2, -0.15) is 0 Å². The van der Waals surface area contributed by atoms with Crippen LogP contribution in [0.4, 0.5) is 5.82 Å². The summed E-state index contributed by atoms with van der Waals surface area (Å²) in [6.07, 6.45) is 9.01. The maximum Gasteiger partial charge on any atom is 0.228 e. The molecule has 1 saturated heterocycles. The molecule has 4 rings (SSSR count). The Morgan fingerprint density at radius 3 is 2.53 bits per heavy atom. The molecule has 2 aromatic rings. The van der Waals surface area contributed by atoms with Crippen LogP contribution in [0.5, 0.6) is 0 Å². The van der Waals surface area contributed by atoms with E-state index in [2.05, 4.69) is 32.5 Å². The second kappa shape index (κ2) is 10.2. The van der Waals surface area contributed by atoms with Crippen LogP contribution in [-0.4, -0.2) is 73.2 Å². The quantitative estimate of drug-likeness (QED) is 0.608. The van der Waals surface area contributed by atoms with Gasteiger partial charge in [-0.05, 0) is 55.8 Å². The van der Waals surface area contributed by atoms with E-state index in [0.717, 1.165) is 73.8 Å². The number of rotatable bonds is 6. The lowest BCUT2D eigenvalue weighted by Crippen LogP contribution is -2.50. The first-order valence-electron chi connectivity index (χ1n) is 11.6. The van der Waals surface area contributed by atoms with Crippen molar-refractivity contribution >= 4 is 34.3 Å². The molecule has 1 aliphatic heterocycles. The Kier molecular flexibility index (Phi) is 7.17. The molecule has 1 aromatic carbocycles. The average Bonchev–Trinajstić information content (AvgIpc) is 2.82. The van der Waals surface area contributed by atoms with Crippen molar-refractivity contribution in [1.82, 2.24) is 20.1 Å². The summed E-state index contributed by atoms with van der Waals surface area (Å²) >= 11 is 0. The lowest BCUT2D eigenvalue weighted by atomic mass is 9.84. The van der Waals surface area contributed by atoms with Crippen LogP contribution < -0.4 is 10.6 Å². The van der Waals surface area contributed by atoms with Crippen molar-refractivity contribution in [2.45, 2.75) is 31.7 Å². The van der Waals surface area contributed by atoms with Gasteiger partial charge in [-0.15, -0.1) is 0 Å². The van der Waals surface area contributed by atoms with Crippen molar-refractivity contribution < 1.29 is 4.79 Å². The highest BCUT2D eigenvalue weighted by atomic mass is 16.1. The molecule has 7 heteroatoms. The van der Waals surface area contributed by atoms with Crippen molar-refractivity contribution in [3.63, 3.8) is 0 Å². The van der Waals surface area contributed by atoms with Crippen molar-refractivity contribution in [2.75, 3.05) is 45.6 Å². The Balaban J connectivity index is 1.38. The molecule has 1 aromatic heterocycles. The number of aromatic nitrogens is 1. The fraction of sp³-hybridized carbons (Fsp3) is 0.480. The number of fused-ring (bicyclic) bond motifs is 1. The van der Waals surface area contributed by atoms with E-state index in [0.29, 0.717) is 11.9 Å². The minimum atomic E-state index is 0.0608. The molecule has 1 aliphatic carbocycles. The third-order valence-corrected chi connectivity index (χ3v) is 6.88. The highest BCUT2D eigenvalue weighted by molar-refractivity contribution is 6.09. The molecule has 1 amide bonds. The number of nitrogens with zero attached hydrogens (tertiary/aromatic N) is 3. The summed E-state index contributed by atoms with van der Waals surface area (Å²) in [7, 11) is 4.01. The van der Waals surface area contributed by atoms with E-state index in [1.807, 2.05) is 31.3 Å². The van der Waals surface area contributed by atoms with Crippen LogP contribution in [0.25, 0.3) is 16.3 Å². The third kappa shape index (κ3) is 5.16. The SMILES string of the molecule is CN/C=C(\C=N)c1ccc2cnc(NC(=O)[C@H]3CC[C@@H](N4CCN(C)CC4)CC3)cc2c1. The molecule has 170 valence electrons. The number of benzene rings is 1. The van der Waals surface area contributed by atoms with E-state index in [1.54, 1.807) is 12.4 Å². The Labute approximate surface area is 190 Å². The number of anilines is 1. The largest absolute Gasteiger partial charge is 0.393 e. The maximum absolute atomic E-state index is 12.9. The van der Waals surface area contributed by atoms with Gasteiger partial charge in [-0.1, -0.05) is 12.1 Å². The van der Waals surface area contributed by atoms with Gasteiger partial charge in [0.25, 0.3) is 0 Å². The Morgan fingerprint density at radius 2 is 1.84 bits per heavy atom. The Morgan fingerprint density at radius 1 is 1.09 bits per heavy atom. The van der Waals surface area contributed by atoms with Crippen LogP contribution >= 0.6 is 0 Å². The van der Waals surface area contributed by atoms with E-state index >= 15 is 0 Å². The molecule has 0 unspecified atom stereocenters. The average molecular weight is 435 g/mol. The van der Waals surface area contributed by atoms with Gasteiger partial charge < -0.3 is 20.9 Å². The first-order valence-corrected chi connectivity index (χ1v) is 11.6. The molecular formula is C25H34N6O. The van der Waals surface area contributed by atoms with Gasteiger partial charge in [0.2, 0.25) is 5.91 Å². The summed E-state index contributed by atoms with van der Waals surface area (Å²) in [6.45, 7) is 4.57. The summed E-state index contributed by atoms with van der Waals surface area (Å²) in [5.41, 5.74) is 1.75. The minimum absolute atomic E-state index is 0.0608. The van der Waals surface area contributed by atoms with Crippen molar-refractivity contribution in [3.8, 4) is 0 Å². The molecule has 0 radical (unpaired) electrons. The maximum atomic E-state index is 12.9.